The van der Waals surface area contributed by atoms with E-state index in [9.17, 15) is 46.1 Å². The van der Waals surface area contributed by atoms with Gasteiger partial charge in [-0.2, -0.15) is 38.1 Å². The highest BCUT2D eigenvalue weighted by atomic mass is 32.2. The number of carbonyl (C=O) groups is 2. The van der Waals surface area contributed by atoms with Gasteiger partial charge in [-0.15, -0.1) is 0 Å². The largest absolute Gasteiger partial charge is 0.466 e. The Bertz CT molecular complexity index is 975. The number of carbonyl (C=O) groups excluding carboxylic acids is 2. The highest BCUT2D eigenvalue weighted by molar-refractivity contribution is 8.01. The van der Waals surface area contributed by atoms with Gasteiger partial charge in [0.1, 0.15) is 0 Å². The predicted molar refractivity (Wildman–Crippen MR) is 162 cm³/mol. The van der Waals surface area contributed by atoms with Gasteiger partial charge in [-0.3, -0.25) is 0 Å². The Kier molecular flexibility index (Phi) is 15.5. The average Bonchev–Trinajstić information content (AvgIpc) is 3.55. The molecule has 262 valence electrons. The lowest BCUT2D eigenvalue weighted by Gasteiger charge is -2.44. The molecule has 0 aromatic heterocycles. The molecule has 6 nitrogen and oxygen atoms in total. The fourth-order valence-electron chi connectivity index (χ4n) is 6.32. The van der Waals surface area contributed by atoms with Crippen molar-refractivity contribution in [3.05, 3.63) is 24.3 Å². The smallest absolute Gasteiger partial charge is 0.416 e. The first-order chi connectivity index (χ1) is 20.5. The number of hydrogen-bond acceptors (Lipinski definition) is 7. The van der Waals surface area contributed by atoms with Crippen LogP contribution < -0.4 is 0 Å². The molecule has 0 aromatic carbocycles. The number of aliphatic hydroxyl groups is 2. The van der Waals surface area contributed by atoms with Gasteiger partial charge in [-0.25, -0.2) is 9.59 Å². The molecule has 3 saturated carbocycles. The molecule has 5 fully saturated rings. The highest BCUT2D eigenvalue weighted by Gasteiger charge is 2.54. The quantitative estimate of drug-likeness (QED) is 0.168. The molecule has 0 spiro atoms. The fraction of sp³-hybridized carbons (Fsp3) is 0.812. The Labute approximate surface area is 267 Å². The molecule has 5 aliphatic rings. The number of ether oxygens (including phenoxy) is 2. The van der Waals surface area contributed by atoms with E-state index in [-0.39, 0.29) is 36.6 Å². The molecule has 2 heterocycles. The monoisotopic (exact) mass is 676 g/mol. The molecule has 6 atom stereocenters. The van der Waals surface area contributed by atoms with E-state index < -0.39 is 23.6 Å². The minimum atomic E-state index is -4.50. The molecule has 5 rings (SSSR count). The summed E-state index contributed by atoms with van der Waals surface area (Å²) in [6.45, 7) is 11.7. The minimum Gasteiger partial charge on any atom is -0.466 e. The predicted octanol–water partition coefficient (Wildman–Crippen LogP) is 7.96. The van der Waals surface area contributed by atoms with E-state index >= 15 is 0 Å². The van der Waals surface area contributed by atoms with E-state index in [2.05, 4.69) is 22.6 Å². The summed E-state index contributed by atoms with van der Waals surface area (Å²) in [5.74, 6) is 0.451. The fourth-order valence-corrected chi connectivity index (χ4v) is 8.15. The zero-order valence-electron chi connectivity index (χ0n) is 27.2. The summed E-state index contributed by atoms with van der Waals surface area (Å²) in [5.41, 5.74) is -4.15. The van der Waals surface area contributed by atoms with Crippen molar-refractivity contribution >= 4 is 23.7 Å². The first kappa shape index (κ1) is 41.3. The topological polar surface area (TPSA) is 93.1 Å². The molecule has 2 aliphatic heterocycles. The van der Waals surface area contributed by atoms with Crippen LogP contribution in [-0.4, -0.2) is 70.4 Å². The third kappa shape index (κ3) is 12.8. The molecule has 3 aliphatic carbocycles. The third-order valence-electron chi connectivity index (χ3n) is 9.03. The van der Waals surface area contributed by atoms with Gasteiger partial charge in [0.15, 0.2) is 11.2 Å². The zero-order chi connectivity index (χ0) is 35.0. The first-order valence-electron chi connectivity index (χ1n) is 15.2. The van der Waals surface area contributed by atoms with Gasteiger partial charge in [-0.1, -0.05) is 26.0 Å². The Morgan fingerprint density at radius 3 is 1.40 bits per heavy atom. The standard InChI is InChI=1S/C12H19F3O.C10H15F3OS.2C5H8O2/c1-11(16,12(13,14)15)7-10-6-8-2-4-9(10)5-3-8;1-9(14,10(11,12)13)5-6-4-7-2-3-8(6)15-7;2*1-4(2)5(6)7-3/h8-10,16H,2-7H2,1H3;6-8,14H,2-5H2,1H3;2*1H2,2-3H3. The maximum Gasteiger partial charge on any atom is 0.416 e. The lowest BCUT2D eigenvalue weighted by molar-refractivity contribution is -0.261. The van der Waals surface area contributed by atoms with Crippen LogP contribution in [0.3, 0.4) is 0 Å². The van der Waals surface area contributed by atoms with Crippen LogP contribution in [0, 0.1) is 23.7 Å². The van der Waals surface area contributed by atoms with Crippen LogP contribution in [0.5, 0.6) is 0 Å². The van der Waals surface area contributed by atoms with Crippen LogP contribution in [-0.2, 0) is 19.1 Å². The van der Waals surface area contributed by atoms with Gasteiger partial charge >= 0.3 is 24.3 Å². The molecule has 6 unspecified atom stereocenters. The molecule has 0 amide bonds. The van der Waals surface area contributed by atoms with Crippen molar-refractivity contribution in [3.63, 3.8) is 0 Å². The van der Waals surface area contributed by atoms with E-state index in [1.54, 1.807) is 13.8 Å². The first-order valence-corrected chi connectivity index (χ1v) is 16.1. The van der Waals surface area contributed by atoms with Crippen LogP contribution in [0.15, 0.2) is 24.3 Å². The van der Waals surface area contributed by atoms with E-state index in [4.69, 9.17) is 0 Å². The molecule has 13 heteroatoms. The van der Waals surface area contributed by atoms with Crippen LogP contribution in [0.2, 0.25) is 0 Å². The Morgan fingerprint density at radius 1 is 0.733 bits per heavy atom. The summed E-state index contributed by atoms with van der Waals surface area (Å²) in [6, 6.07) is 0. The zero-order valence-corrected chi connectivity index (χ0v) is 28.0. The maximum absolute atomic E-state index is 12.6. The van der Waals surface area contributed by atoms with E-state index in [0.29, 0.717) is 33.5 Å². The van der Waals surface area contributed by atoms with Crippen molar-refractivity contribution in [2.24, 2.45) is 23.7 Å². The van der Waals surface area contributed by atoms with Gasteiger partial charge in [0.25, 0.3) is 0 Å². The molecule has 0 aromatic rings. The van der Waals surface area contributed by atoms with Crippen molar-refractivity contribution in [2.75, 3.05) is 14.2 Å². The lowest BCUT2D eigenvalue weighted by atomic mass is 9.62. The van der Waals surface area contributed by atoms with Gasteiger partial charge in [0.05, 0.1) is 14.2 Å². The van der Waals surface area contributed by atoms with Crippen molar-refractivity contribution < 1.29 is 55.6 Å². The molecule has 0 radical (unpaired) electrons. The summed E-state index contributed by atoms with van der Waals surface area (Å²) in [4.78, 5) is 20.4. The number of fused-ring (bicyclic) bond motifs is 5. The number of methoxy groups -OCH3 is 2. The van der Waals surface area contributed by atoms with Crippen molar-refractivity contribution in [1.29, 1.82) is 0 Å². The van der Waals surface area contributed by atoms with Gasteiger partial charge in [0.2, 0.25) is 0 Å². The summed E-state index contributed by atoms with van der Waals surface area (Å²) in [6.07, 6.45) is -0.880. The van der Waals surface area contributed by atoms with Crippen molar-refractivity contribution in [1.82, 2.24) is 0 Å². The maximum atomic E-state index is 12.6. The van der Waals surface area contributed by atoms with Crippen LogP contribution in [0.1, 0.15) is 91.9 Å². The normalized spacial score (nSPS) is 29.2. The van der Waals surface area contributed by atoms with Crippen molar-refractivity contribution in [3.8, 4) is 0 Å². The third-order valence-corrected chi connectivity index (χ3v) is 10.8. The van der Waals surface area contributed by atoms with Crippen LogP contribution >= 0.6 is 11.8 Å². The number of esters is 2. The van der Waals surface area contributed by atoms with E-state index in [1.165, 1.54) is 27.1 Å². The van der Waals surface area contributed by atoms with Crippen LogP contribution in [0.4, 0.5) is 26.3 Å². The number of thioether (sulfide) groups is 1. The van der Waals surface area contributed by atoms with Crippen molar-refractivity contribution in [2.45, 2.75) is 126 Å². The molecule has 45 heavy (non-hydrogen) atoms. The second-order valence-corrected chi connectivity index (χ2v) is 14.7. The number of alkyl halides is 6. The number of halogens is 6. The van der Waals surface area contributed by atoms with E-state index in [0.717, 1.165) is 52.4 Å². The average molecular weight is 677 g/mol. The van der Waals surface area contributed by atoms with Gasteiger partial charge in [0, 0.05) is 21.6 Å². The summed E-state index contributed by atoms with van der Waals surface area (Å²) < 4.78 is 83.7. The molecule has 2 N–H and O–H groups in total. The number of rotatable bonds is 6. The molecular weight excluding hydrogens is 626 g/mol. The SMILES string of the molecule is C=C(C)C(=O)OC.C=C(C)C(=O)OC.CC(O)(CC1CC2CCC1CC2)C(F)(F)F.CC(O)(CC1CC2CCC1S2)C(F)(F)F. The Morgan fingerprint density at radius 2 is 1.16 bits per heavy atom. The Balaban J connectivity index is 0.000000323. The molecule has 4 bridgehead atoms. The highest BCUT2D eigenvalue weighted by Crippen LogP contribution is 2.53. The summed E-state index contributed by atoms with van der Waals surface area (Å²) >= 11 is 1.81. The minimum absolute atomic E-state index is 0.0466. The summed E-state index contributed by atoms with van der Waals surface area (Å²) in [7, 11) is 2.66. The summed E-state index contributed by atoms with van der Waals surface area (Å²) in [5, 5.41) is 19.8. The lowest BCUT2D eigenvalue weighted by Crippen LogP contribution is -2.46. The second-order valence-electron chi connectivity index (χ2n) is 13.1. The molecule has 2 saturated heterocycles. The van der Waals surface area contributed by atoms with E-state index in [1.807, 2.05) is 11.8 Å². The molecular formula is C32H50F6O6S. The number of hydrogen-bond donors (Lipinski definition) is 2. The Hall–Kier alpha value is -1.73. The van der Waals surface area contributed by atoms with Gasteiger partial charge < -0.3 is 19.7 Å². The van der Waals surface area contributed by atoms with Crippen LogP contribution in [0.25, 0.3) is 0 Å². The van der Waals surface area contributed by atoms with Gasteiger partial charge in [-0.05, 0) is 103 Å². The second kappa shape index (κ2) is 16.9.